The largest absolute Gasteiger partial charge is 0.384 e. The van der Waals surface area contributed by atoms with Crippen molar-refractivity contribution in [2.45, 2.75) is 13.0 Å². The molecule has 1 aliphatic heterocycles. The summed E-state index contributed by atoms with van der Waals surface area (Å²) < 4.78 is 18.9. The van der Waals surface area contributed by atoms with E-state index in [0.29, 0.717) is 30.0 Å². The highest BCUT2D eigenvalue weighted by atomic mass is 19.1. The zero-order valence-electron chi connectivity index (χ0n) is 12.2. The highest BCUT2D eigenvalue weighted by Gasteiger charge is 2.25. The number of anilines is 2. The normalized spacial score (nSPS) is 13.9. The smallest absolute Gasteiger partial charge is 0.144 e. The second-order valence-corrected chi connectivity index (χ2v) is 5.42. The number of rotatable bonds is 2. The summed E-state index contributed by atoms with van der Waals surface area (Å²) in [5, 5.41) is 4.13. The molecule has 0 radical (unpaired) electrons. The van der Waals surface area contributed by atoms with Crippen LogP contribution in [0.2, 0.25) is 0 Å². The van der Waals surface area contributed by atoms with Gasteiger partial charge in [-0.3, -0.25) is 0 Å². The lowest BCUT2D eigenvalue weighted by Crippen LogP contribution is -2.30. The molecule has 1 aliphatic rings. The minimum atomic E-state index is -0.296. The molecule has 3 aromatic rings. The number of nitrogen functional groups attached to an aromatic ring is 1. The van der Waals surface area contributed by atoms with E-state index in [1.54, 1.807) is 12.1 Å². The van der Waals surface area contributed by atoms with Gasteiger partial charge in [0.05, 0.1) is 6.54 Å². The van der Waals surface area contributed by atoms with Gasteiger partial charge in [0.25, 0.3) is 0 Å². The van der Waals surface area contributed by atoms with Crippen LogP contribution in [0.5, 0.6) is 0 Å². The highest BCUT2D eigenvalue weighted by molar-refractivity contribution is 5.65. The molecule has 0 saturated carbocycles. The predicted molar refractivity (Wildman–Crippen MR) is 83.1 cm³/mol. The third-order valence-corrected chi connectivity index (χ3v) is 3.92. The minimum absolute atomic E-state index is 0.296. The van der Waals surface area contributed by atoms with Gasteiger partial charge in [-0.1, -0.05) is 17.3 Å². The molecule has 0 aliphatic carbocycles. The Morgan fingerprint density at radius 2 is 2.13 bits per heavy atom. The van der Waals surface area contributed by atoms with Gasteiger partial charge in [-0.15, -0.1) is 0 Å². The number of aromatic nitrogens is 3. The number of benzene rings is 1. The second-order valence-electron chi connectivity index (χ2n) is 5.42. The molecule has 0 unspecified atom stereocenters. The molecule has 0 atom stereocenters. The topological polar surface area (TPSA) is 81.1 Å². The maximum absolute atomic E-state index is 13.5. The zero-order valence-corrected chi connectivity index (χ0v) is 12.2. The number of nitrogens with two attached hydrogens (primary N) is 1. The first-order valence-electron chi connectivity index (χ1n) is 7.26. The molecule has 0 amide bonds. The van der Waals surface area contributed by atoms with E-state index in [1.807, 2.05) is 6.07 Å². The molecule has 0 saturated heterocycles. The predicted octanol–water partition coefficient (Wildman–Crippen LogP) is 2.42. The van der Waals surface area contributed by atoms with Crippen LogP contribution in [0.1, 0.15) is 11.3 Å². The number of fused-ring (bicyclic) bond motifs is 1. The van der Waals surface area contributed by atoms with Crippen molar-refractivity contribution in [2.75, 3.05) is 17.2 Å². The quantitative estimate of drug-likeness (QED) is 0.783. The average Bonchev–Trinajstić information content (AvgIpc) is 2.98. The van der Waals surface area contributed by atoms with Gasteiger partial charge in [0, 0.05) is 30.2 Å². The van der Waals surface area contributed by atoms with E-state index in [9.17, 15) is 4.39 Å². The van der Waals surface area contributed by atoms with Crippen LogP contribution in [0.25, 0.3) is 11.3 Å². The van der Waals surface area contributed by atoms with Gasteiger partial charge in [0.2, 0.25) is 0 Å². The molecule has 7 heteroatoms. The fourth-order valence-electron chi connectivity index (χ4n) is 2.80. The van der Waals surface area contributed by atoms with E-state index in [1.165, 1.54) is 18.5 Å². The first kappa shape index (κ1) is 13.7. The summed E-state index contributed by atoms with van der Waals surface area (Å²) in [6.07, 6.45) is 2.16. The Balaban J connectivity index is 1.70. The lowest BCUT2D eigenvalue weighted by atomic mass is 10.0. The maximum Gasteiger partial charge on any atom is 0.144 e. The summed E-state index contributed by atoms with van der Waals surface area (Å²) in [6.45, 7) is 1.34. The molecule has 116 valence electrons. The summed E-state index contributed by atoms with van der Waals surface area (Å²) in [6, 6.07) is 8.09. The summed E-state index contributed by atoms with van der Waals surface area (Å²) >= 11 is 0. The fraction of sp³-hybridized carbons (Fsp3) is 0.188. The summed E-state index contributed by atoms with van der Waals surface area (Å²) in [5.41, 5.74) is 8.06. The number of nitrogens with zero attached hydrogens (tertiary/aromatic N) is 4. The van der Waals surface area contributed by atoms with Crippen LogP contribution in [-0.2, 0) is 13.0 Å². The van der Waals surface area contributed by atoms with Crippen LogP contribution in [0.3, 0.4) is 0 Å². The van der Waals surface area contributed by atoms with E-state index < -0.39 is 0 Å². The lowest BCUT2D eigenvalue weighted by molar-refractivity contribution is 0.378. The van der Waals surface area contributed by atoms with Gasteiger partial charge in [-0.05, 0) is 12.1 Å². The van der Waals surface area contributed by atoms with Gasteiger partial charge in [0.15, 0.2) is 0 Å². The molecular formula is C16H14FN5O. The van der Waals surface area contributed by atoms with Crippen LogP contribution in [0, 0.1) is 5.82 Å². The Kier molecular flexibility index (Phi) is 3.18. The standard InChI is InChI=1S/C16H14FN5O/c17-11-3-1-2-10(6-11)16-12-8-22(5-4-13(12)23-21-16)15-7-14(18)19-9-20-15/h1-3,6-7,9H,4-5,8H2,(H2,18,19,20). The zero-order chi connectivity index (χ0) is 15.8. The van der Waals surface area contributed by atoms with Crippen molar-refractivity contribution in [3.63, 3.8) is 0 Å². The van der Waals surface area contributed by atoms with Gasteiger partial charge in [-0.25, -0.2) is 14.4 Å². The van der Waals surface area contributed by atoms with Crippen LogP contribution in [0.15, 0.2) is 41.2 Å². The Hall–Kier alpha value is -2.96. The van der Waals surface area contributed by atoms with Crippen molar-refractivity contribution in [1.29, 1.82) is 0 Å². The molecular weight excluding hydrogens is 297 g/mol. The third kappa shape index (κ3) is 2.50. The van der Waals surface area contributed by atoms with Crippen molar-refractivity contribution < 1.29 is 8.91 Å². The van der Waals surface area contributed by atoms with Crippen molar-refractivity contribution in [3.05, 3.63) is 53.8 Å². The van der Waals surface area contributed by atoms with Gasteiger partial charge in [-0.2, -0.15) is 0 Å². The molecule has 6 nitrogen and oxygen atoms in total. The molecule has 1 aromatic carbocycles. The van der Waals surface area contributed by atoms with E-state index >= 15 is 0 Å². The van der Waals surface area contributed by atoms with E-state index in [4.69, 9.17) is 10.3 Å². The van der Waals surface area contributed by atoms with E-state index in [-0.39, 0.29) is 5.82 Å². The van der Waals surface area contributed by atoms with Gasteiger partial charge in [0.1, 0.15) is 35.2 Å². The van der Waals surface area contributed by atoms with Gasteiger partial charge >= 0.3 is 0 Å². The molecule has 0 spiro atoms. The monoisotopic (exact) mass is 311 g/mol. The molecule has 3 heterocycles. The highest BCUT2D eigenvalue weighted by Crippen LogP contribution is 2.31. The molecule has 2 aromatic heterocycles. The molecule has 4 rings (SSSR count). The number of halogens is 1. The Labute approximate surface area is 131 Å². The van der Waals surface area contributed by atoms with E-state index in [2.05, 4.69) is 20.0 Å². The average molecular weight is 311 g/mol. The van der Waals surface area contributed by atoms with Crippen LogP contribution in [0.4, 0.5) is 16.0 Å². The van der Waals surface area contributed by atoms with Crippen LogP contribution in [-0.4, -0.2) is 21.7 Å². The fourth-order valence-corrected chi connectivity index (χ4v) is 2.80. The van der Waals surface area contributed by atoms with Crippen molar-refractivity contribution >= 4 is 11.6 Å². The summed E-state index contributed by atoms with van der Waals surface area (Å²) in [5.74, 6) is 1.73. The minimum Gasteiger partial charge on any atom is -0.384 e. The SMILES string of the molecule is Nc1cc(N2CCc3onc(-c4cccc(F)c4)c3C2)ncn1. The van der Waals surface area contributed by atoms with Gasteiger partial charge < -0.3 is 15.2 Å². The third-order valence-electron chi connectivity index (χ3n) is 3.92. The van der Waals surface area contributed by atoms with Crippen molar-refractivity contribution in [1.82, 2.24) is 15.1 Å². The van der Waals surface area contributed by atoms with Crippen LogP contribution >= 0.6 is 0 Å². The van der Waals surface area contributed by atoms with Crippen LogP contribution < -0.4 is 10.6 Å². The van der Waals surface area contributed by atoms with E-state index in [0.717, 1.165) is 23.7 Å². The Bertz CT molecular complexity index is 863. The Morgan fingerprint density at radius 1 is 1.22 bits per heavy atom. The van der Waals surface area contributed by atoms with Crippen molar-refractivity contribution in [2.24, 2.45) is 0 Å². The molecule has 0 bridgehead atoms. The first-order valence-corrected chi connectivity index (χ1v) is 7.26. The Morgan fingerprint density at radius 3 is 2.96 bits per heavy atom. The summed E-state index contributed by atoms with van der Waals surface area (Å²) in [4.78, 5) is 10.3. The first-order chi connectivity index (χ1) is 11.2. The maximum atomic E-state index is 13.5. The molecule has 0 fully saturated rings. The second kappa shape index (κ2) is 5.35. The molecule has 2 N–H and O–H groups in total. The summed E-state index contributed by atoms with van der Waals surface area (Å²) in [7, 11) is 0. The lowest BCUT2D eigenvalue weighted by Gasteiger charge is -2.27. The molecule has 23 heavy (non-hydrogen) atoms. The van der Waals surface area contributed by atoms with Crippen molar-refractivity contribution in [3.8, 4) is 11.3 Å². The number of hydrogen-bond donors (Lipinski definition) is 1. The number of hydrogen-bond acceptors (Lipinski definition) is 6.